The van der Waals surface area contributed by atoms with Gasteiger partial charge in [-0.3, -0.25) is 14.7 Å². The van der Waals surface area contributed by atoms with Gasteiger partial charge in [-0.05, 0) is 31.4 Å². The summed E-state index contributed by atoms with van der Waals surface area (Å²) in [5, 5.41) is 8.75. The summed E-state index contributed by atoms with van der Waals surface area (Å²) >= 11 is 0. The topological polar surface area (TPSA) is 85.8 Å². The van der Waals surface area contributed by atoms with Crippen LogP contribution in [0.3, 0.4) is 0 Å². The standard InChI is InChI=1S/C18H24FN5O2.HI/c1-2-20-16(21-9-10-24-15(25)11-22-17(24)26)23-12-18(7-8-18)13-5-3-4-6-14(13)19;/h3-6H,2,7-12H2,1H3,(H,22,26)(H2,20,21,23);1H. The molecule has 3 rings (SSSR count). The summed E-state index contributed by atoms with van der Waals surface area (Å²) in [7, 11) is 0. The predicted molar refractivity (Wildman–Crippen MR) is 112 cm³/mol. The first kappa shape index (κ1) is 21.4. The predicted octanol–water partition coefficient (Wildman–Crippen LogP) is 1.58. The van der Waals surface area contributed by atoms with Crippen LogP contribution in [0.2, 0.25) is 0 Å². The zero-order valence-electron chi connectivity index (χ0n) is 15.3. The molecule has 2 fully saturated rings. The molecule has 1 aliphatic carbocycles. The highest BCUT2D eigenvalue weighted by atomic mass is 127. The molecule has 7 nitrogen and oxygen atoms in total. The lowest BCUT2D eigenvalue weighted by atomic mass is 9.95. The number of imide groups is 1. The highest BCUT2D eigenvalue weighted by Gasteiger charge is 2.45. The minimum atomic E-state index is -0.366. The number of benzene rings is 1. The zero-order chi connectivity index (χ0) is 18.6. The fourth-order valence-corrected chi connectivity index (χ4v) is 3.09. The Morgan fingerprint density at radius 3 is 2.63 bits per heavy atom. The van der Waals surface area contributed by atoms with E-state index in [0.29, 0.717) is 25.6 Å². The SMILES string of the molecule is CCNC(=NCC1(c2ccccc2F)CC1)NCCN1C(=O)CNC1=O.I. The number of guanidine groups is 1. The summed E-state index contributed by atoms with van der Waals surface area (Å²) in [5.74, 6) is 0.189. The summed E-state index contributed by atoms with van der Waals surface area (Å²) in [5.41, 5.74) is 0.498. The Morgan fingerprint density at radius 2 is 2.04 bits per heavy atom. The van der Waals surface area contributed by atoms with Crippen molar-refractivity contribution < 1.29 is 14.0 Å². The molecule has 0 unspecified atom stereocenters. The van der Waals surface area contributed by atoms with Crippen molar-refractivity contribution in [1.29, 1.82) is 0 Å². The molecule has 1 saturated heterocycles. The smallest absolute Gasteiger partial charge is 0.324 e. The summed E-state index contributed by atoms with van der Waals surface area (Å²) < 4.78 is 14.1. The van der Waals surface area contributed by atoms with E-state index >= 15 is 0 Å². The van der Waals surface area contributed by atoms with Crippen molar-refractivity contribution in [2.75, 3.05) is 32.7 Å². The lowest BCUT2D eigenvalue weighted by molar-refractivity contribution is -0.124. The fraction of sp³-hybridized carbons (Fsp3) is 0.500. The summed E-state index contributed by atoms with van der Waals surface area (Å²) in [6, 6.07) is 6.50. The van der Waals surface area contributed by atoms with Gasteiger partial charge in [-0.2, -0.15) is 0 Å². The quantitative estimate of drug-likeness (QED) is 0.235. The van der Waals surface area contributed by atoms with E-state index in [-0.39, 0.29) is 60.2 Å². The number of hydrogen-bond donors (Lipinski definition) is 3. The van der Waals surface area contributed by atoms with Crippen molar-refractivity contribution >= 4 is 41.9 Å². The van der Waals surface area contributed by atoms with Crippen molar-refractivity contribution in [1.82, 2.24) is 20.9 Å². The maximum atomic E-state index is 14.1. The molecule has 148 valence electrons. The highest BCUT2D eigenvalue weighted by molar-refractivity contribution is 14.0. The van der Waals surface area contributed by atoms with Crippen LogP contribution < -0.4 is 16.0 Å². The van der Waals surface area contributed by atoms with E-state index in [9.17, 15) is 14.0 Å². The molecule has 3 N–H and O–H groups in total. The van der Waals surface area contributed by atoms with Gasteiger partial charge < -0.3 is 16.0 Å². The molecular formula is C18H25FIN5O2. The molecule has 1 saturated carbocycles. The minimum Gasteiger partial charge on any atom is -0.357 e. The van der Waals surface area contributed by atoms with Gasteiger partial charge >= 0.3 is 6.03 Å². The third-order valence-electron chi connectivity index (χ3n) is 4.75. The molecular weight excluding hydrogens is 464 g/mol. The van der Waals surface area contributed by atoms with Crippen LogP contribution in [-0.2, 0) is 10.2 Å². The van der Waals surface area contributed by atoms with E-state index in [1.165, 1.54) is 11.0 Å². The fourth-order valence-electron chi connectivity index (χ4n) is 3.09. The number of aliphatic imine (C=N–C) groups is 1. The monoisotopic (exact) mass is 489 g/mol. The third-order valence-corrected chi connectivity index (χ3v) is 4.75. The third kappa shape index (κ3) is 5.08. The number of nitrogens with one attached hydrogen (secondary N) is 3. The number of halogens is 2. The van der Waals surface area contributed by atoms with E-state index in [1.54, 1.807) is 6.07 Å². The van der Waals surface area contributed by atoms with Gasteiger partial charge in [0.15, 0.2) is 5.96 Å². The Kier molecular flexibility index (Phi) is 7.40. The first-order valence-corrected chi connectivity index (χ1v) is 8.91. The number of hydrogen-bond acceptors (Lipinski definition) is 3. The maximum absolute atomic E-state index is 14.1. The van der Waals surface area contributed by atoms with Crippen molar-refractivity contribution in [3.8, 4) is 0 Å². The van der Waals surface area contributed by atoms with Crippen LogP contribution in [0.15, 0.2) is 29.3 Å². The number of carbonyl (C=O) groups excluding carboxylic acids is 2. The van der Waals surface area contributed by atoms with Gasteiger partial charge in [0.25, 0.3) is 0 Å². The Labute approximate surface area is 175 Å². The lowest BCUT2D eigenvalue weighted by Gasteiger charge is -2.17. The van der Waals surface area contributed by atoms with Crippen molar-refractivity contribution in [2.45, 2.75) is 25.2 Å². The van der Waals surface area contributed by atoms with E-state index in [1.807, 2.05) is 19.1 Å². The highest BCUT2D eigenvalue weighted by Crippen LogP contribution is 2.49. The largest absolute Gasteiger partial charge is 0.357 e. The Hall–Kier alpha value is -1.91. The Bertz CT molecular complexity index is 707. The summed E-state index contributed by atoms with van der Waals surface area (Å²) in [6.45, 7) is 3.86. The van der Waals surface area contributed by atoms with Gasteiger partial charge in [0.2, 0.25) is 5.91 Å². The molecule has 1 aromatic rings. The van der Waals surface area contributed by atoms with E-state index < -0.39 is 0 Å². The first-order valence-electron chi connectivity index (χ1n) is 8.91. The summed E-state index contributed by atoms with van der Waals surface area (Å²) in [6.07, 6.45) is 1.83. The van der Waals surface area contributed by atoms with E-state index in [4.69, 9.17) is 0 Å². The van der Waals surface area contributed by atoms with Crippen LogP contribution in [0.4, 0.5) is 9.18 Å². The van der Waals surface area contributed by atoms with Crippen LogP contribution in [0.1, 0.15) is 25.3 Å². The molecule has 1 aromatic carbocycles. The van der Waals surface area contributed by atoms with Gasteiger partial charge in [0.1, 0.15) is 5.82 Å². The van der Waals surface area contributed by atoms with Crippen LogP contribution in [0.5, 0.6) is 0 Å². The molecule has 1 aliphatic heterocycles. The van der Waals surface area contributed by atoms with Gasteiger partial charge in [-0.15, -0.1) is 24.0 Å². The molecule has 3 amide bonds. The number of rotatable bonds is 7. The Balaban J connectivity index is 0.00000261. The number of nitrogens with zero attached hydrogens (tertiary/aromatic N) is 2. The molecule has 1 heterocycles. The van der Waals surface area contributed by atoms with E-state index in [0.717, 1.165) is 18.4 Å². The van der Waals surface area contributed by atoms with Crippen LogP contribution in [0, 0.1) is 5.82 Å². The first-order chi connectivity index (χ1) is 12.6. The van der Waals surface area contributed by atoms with Crippen molar-refractivity contribution in [2.24, 2.45) is 4.99 Å². The van der Waals surface area contributed by atoms with Crippen molar-refractivity contribution in [3.63, 3.8) is 0 Å². The van der Waals surface area contributed by atoms with Gasteiger partial charge in [0.05, 0.1) is 13.1 Å². The maximum Gasteiger partial charge on any atom is 0.324 e. The Morgan fingerprint density at radius 1 is 1.30 bits per heavy atom. The lowest BCUT2D eigenvalue weighted by Crippen LogP contribution is -2.43. The molecule has 9 heteroatoms. The second-order valence-corrected chi connectivity index (χ2v) is 6.59. The normalized spacial score (nSPS) is 18.0. The number of urea groups is 1. The van der Waals surface area contributed by atoms with E-state index in [2.05, 4.69) is 20.9 Å². The van der Waals surface area contributed by atoms with Gasteiger partial charge in [0, 0.05) is 25.0 Å². The molecule has 0 spiro atoms. The average Bonchev–Trinajstić information content (AvgIpc) is 3.35. The molecule has 0 atom stereocenters. The van der Waals surface area contributed by atoms with Gasteiger partial charge in [-0.1, -0.05) is 18.2 Å². The van der Waals surface area contributed by atoms with Crippen molar-refractivity contribution in [3.05, 3.63) is 35.6 Å². The minimum absolute atomic E-state index is 0. The second kappa shape index (κ2) is 9.34. The summed E-state index contributed by atoms with van der Waals surface area (Å²) in [4.78, 5) is 28.9. The molecule has 27 heavy (non-hydrogen) atoms. The molecule has 0 aromatic heterocycles. The second-order valence-electron chi connectivity index (χ2n) is 6.59. The molecule has 2 aliphatic rings. The van der Waals surface area contributed by atoms with Crippen LogP contribution in [0.25, 0.3) is 0 Å². The van der Waals surface area contributed by atoms with Crippen LogP contribution in [-0.4, -0.2) is 55.5 Å². The number of carbonyl (C=O) groups is 2. The number of amides is 3. The zero-order valence-corrected chi connectivity index (χ0v) is 17.6. The van der Waals surface area contributed by atoms with Crippen LogP contribution >= 0.6 is 24.0 Å². The van der Waals surface area contributed by atoms with Gasteiger partial charge in [-0.25, -0.2) is 9.18 Å². The molecule has 0 radical (unpaired) electrons. The molecule has 0 bridgehead atoms. The average molecular weight is 489 g/mol.